The van der Waals surface area contributed by atoms with Crippen molar-refractivity contribution in [3.63, 3.8) is 0 Å². The summed E-state index contributed by atoms with van der Waals surface area (Å²) in [5, 5.41) is 7.45. The second-order valence-electron chi connectivity index (χ2n) is 6.57. The van der Waals surface area contributed by atoms with Crippen molar-refractivity contribution in [3.8, 4) is 5.75 Å². The minimum atomic E-state index is -0.247. The number of rotatable bonds is 7. The number of anilines is 2. The predicted octanol–water partition coefficient (Wildman–Crippen LogP) is 5.14. The largest absolute Gasteiger partial charge is 0.484 e. The quantitative estimate of drug-likeness (QED) is 0.583. The van der Waals surface area contributed by atoms with Crippen molar-refractivity contribution in [3.05, 3.63) is 76.5 Å². The van der Waals surface area contributed by atoms with E-state index in [1.54, 1.807) is 30.3 Å². The van der Waals surface area contributed by atoms with Crippen molar-refractivity contribution < 1.29 is 14.3 Å². The summed E-state index contributed by atoms with van der Waals surface area (Å²) in [6, 6.07) is 18.3. The molecule has 1 heterocycles. The molecule has 0 spiro atoms. The average molecular weight is 394 g/mol. The van der Waals surface area contributed by atoms with Crippen molar-refractivity contribution >= 4 is 34.5 Å². The first-order valence-corrected chi connectivity index (χ1v) is 9.87. The van der Waals surface area contributed by atoms with E-state index in [1.165, 1.54) is 16.9 Å². The number of nitrogens with one attached hydrogen (secondary N) is 2. The van der Waals surface area contributed by atoms with Gasteiger partial charge in [-0.05, 0) is 59.3 Å². The number of amides is 2. The normalized spacial score (nSPS) is 10.5. The van der Waals surface area contributed by atoms with Gasteiger partial charge in [0.05, 0.1) is 4.88 Å². The minimum Gasteiger partial charge on any atom is -0.484 e. The number of carbonyl (C=O) groups is 2. The molecule has 5 nitrogen and oxygen atoms in total. The van der Waals surface area contributed by atoms with Crippen LogP contribution in [0.3, 0.4) is 0 Å². The molecule has 3 aromatic rings. The van der Waals surface area contributed by atoms with E-state index < -0.39 is 0 Å². The van der Waals surface area contributed by atoms with Crippen LogP contribution in [0.2, 0.25) is 0 Å². The van der Waals surface area contributed by atoms with Gasteiger partial charge in [0.1, 0.15) is 5.75 Å². The van der Waals surface area contributed by atoms with Crippen LogP contribution in [0.15, 0.2) is 66.0 Å². The summed E-state index contributed by atoms with van der Waals surface area (Å²) in [7, 11) is 0. The van der Waals surface area contributed by atoms with Crippen molar-refractivity contribution in [2.24, 2.45) is 0 Å². The second kappa shape index (κ2) is 9.19. The lowest BCUT2D eigenvalue weighted by Gasteiger charge is -2.10. The van der Waals surface area contributed by atoms with E-state index in [9.17, 15) is 9.59 Å². The van der Waals surface area contributed by atoms with E-state index in [1.807, 2.05) is 35.7 Å². The van der Waals surface area contributed by atoms with Gasteiger partial charge in [0.2, 0.25) is 0 Å². The Balaban J connectivity index is 1.48. The third-order valence-electron chi connectivity index (χ3n) is 4.09. The molecule has 0 atom stereocenters. The van der Waals surface area contributed by atoms with Crippen LogP contribution in [-0.2, 0) is 4.79 Å². The molecule has 0 aliphatic heterocycles. The molecule has 144 valence electrons. The zero-order chi connectivity index (χ0) is 19.9. The predicted molar refractivity (Wildman–Crippen MR) is 113 cm³/mol. The van der Waals surface area contributed by atoms with Gasteiger partial charge in [-0.1, -0.05) is 32.0 Å². The van der Waals surface area contributed by atoms with E-state index in [4.69, 9.17) is 4.74 Å². The standard InChI is InChI=1S/C22H22N2O3S/c1-15(2)16-5-11-19(12-6-16)27-14-21(25)23-17-7-9-18(10-8-17)24-22(26)20-4-3-13-28-20/h3-13,15H,14H2,1-2H3,(H,23,25)(H,24,26). The molecule has 0 unspecified atom stereocenters. The highest BCUT2D eigenvalue weighted by Crippen LogP contribution is 2.19. The molecule has 0 saturated carbocycles. The molecule has 0 saturated heterocycles. The number of carbonyl (C=O) groups excluding carboxylic acids is 2. The Morgan fingerprint density at radius 2 is 1.57 bits per heavy atom. The fourth-order valence-electron chi connectivity index (χ4n) is 2.53. The molecule has 0 bridgehead atoms. The van der Waals surface area contributed by atoms with Crippen molar-refractivity contribution in [1.82, 2.24) is 0 Å². The van der Waals surface area contributed by atoms with Crippen LogP contribution in [0.4, 0.5) is 11.4 Å². The lowest BCUT2D eigenvalue weighted by atomic mass is 10.0. The van der Waals surface area contributed by atoms with Gasteiger partial charge in [-0.2, -0.15) is 0 Å². The Labute approximate surface area is 168 Å². The molecular formula is C22H22N2O3S. The average Bonchev–Trinajstić information content (AvgIpc) is 3.23. The minimum absolute atomic E-state index is 0.0715. The van der Waals surface area contributed by atoms with Gasteiger partial charge in [-0.15, -0.1) is 11.3 Å². The highest BCUT2D eigenvalue weighted by molar-refractivity contribution is 7.12. The topological polar surface area (TPSA) is 67.4 Å². The smallest absolute Gasteiger partial charge is 0.265 e. The van der Waals surface area contributed by atoms with E-state index in [0.29, 0.717) is 27.9 Å². The molecule has 2 N–H and O–H groups in total. The molecule has 6 heteroatoms. The fraction of sp³-hybridized carbons (Fsp3) is 0.182. The SMILES string of the molecule is CC(C)c1ccc(OCC(=O)Nc2ccc(NC(=O)c3cccs3)cc2)cc1. The summed E-state index contributed by atoms with van der Waals surface area (Å²) >= 11 is 1.38. The lowest BCUT2D eigenvalue weighted by Crippen LogP contribution is -2.20. The van der Waals surface area contributed by atoms with Gasteiger partial charge < -0.3 is 15.4 Å². The number of ether oxygens (including phenoxy) is 1. The fourth-order valence-corrected chi connectivity index (χ4v) is 3.15. The highest BCUT2D eigenvalue weighted by Gasteiger charge is 2.08. The first-order chi connectivity index (χ1) is 13.5. The summed E-state index contributed by atoms with van der Waals surface area (Å²) in [6.07, 6.45) is 0. The summed E-state index contributed by atoms with van der Waals surface area (Å²) < 4.78 is 5.52. The summed E-state index contributed by atoms with van der Waals surface area (Å²) in [4.78, 5) is 24.8. The maximum Gasteiger partial charge on any atom is 0.265 e. The molecule has 0 fully saturated rings. The van der Waals surface area contributed by atoms with Gasteiger partial charge in [0.15, 0.2) is 6.61 Å². The second-order valence-corrected chi connectivity index (χ2v) is 7.52. The summed E-state index contributed by atoms with van der Waals surface area (Å²) in [5.41, 5.74) is 2.53. The molecule has 3 rings (SSSR count). The number of benzene rings is 2. The number of hydrogen-bond donors (Lipinski definition) is 2. The van der Waals surface area contributed by atoms with Crippen LogP contribution in [-0.4, -0.2) is 18.4 Å². The summed E-state index contributed by atoms with van der Waals surface area (Å²) in [6.45, 7) is 4.18. The van der Waals surface area contributed by atoms with E-state index in [0.717, 1.165) is 0 Å². The lowest BCUT2D eigenvalue weighted by molar-refractivity contribution is -0.118. The van der Waals surface area contributed by atoms with Crippen LogP contribution < -0.4 is 15.4 Å². The van der Waals surface area contributed by atoms with Crippen LogP contribution >= 0.6 is 11.3 Å². The molecule has 28 heavy (non-hydrogen) atoms. The molecule has 2 amide bonds. The maximum atomic E-state index is 12.1. The van der Waals surface area contributed by atoms with E-state index in [-0.39, 0.29) is 18.4 Å². The third-order valence-corrected chi connectivity index (χ3v) is 4.96. The van der Waals surface area contributed by atoms with Gasteiger partial charge in [0.25, 0.3) is 11.8 Å². The Bertz CT molecular complexity index is 917. The van der Waals surface area contributed by atoms with Gasteiger partial charge in [-0.25, -0.2) is 0 Å². The summed E-state index contributed by atoms with van der Waals surface area (Å²) in [5.74, 6) is 0.716. The number of hydrogen-bond acceptors (Lipinski definition) is 4. The molecule has 1 aromatic heterocycles. The molecule has 0 aliphatic rings. The van der Waals surface area contributed by atoms with Crippen molar-refractivity contribution in [1.29, 1.82) is 0 Å². The molecule has 0 radical (unpaired) electrons. The van der Waals surface area contributed by atoms with E-state index >= 15 is 0 Å². The van der Waals surface area contributed by atoms with Gasteiger partial charge in [0, 0.05) is 11.4 Å². The zero-order valence-corrected chi connectivity index (χ0v) is 16.6. The highest BCUT2D eigenvalue weighted by atomic mass is 32.1. The monoisotopic (exact) mass is 394 g/mol. The van der Waals surface area contributed by atoms with Crippen molar-refractivity contribution in [2.45, 2.75) is 19.8 Å². The van der Waals surface area contributed by atoms with Crippen LogP contribution in [0.25, 0.3) is 0 Å². The Morgan fingerprint density at radius 1 is 0.929 bits per heavy atom. The Kier molecular flexibility index (Phi) is 6.45. The van der Waals surface area contributed by atoms with Crippen LogP contribution in [0, 0.1) is 0 Å². The van der Waals surface area contributed by atoms with Crippen molar-refractivity contribution in [2.75, 3.05) is 17.2 Å². The van der Waals surface area contributed by atoms with E-state index in [2.05, 4.69) is 24.5 Å². The van der Waals surface area contributed by atoms with Gasteiger partial charge in [-0.3, -0.25) is 9.59 Å². The van der Waals surface area contributed by atoms with Crippen LogP contribution in [0.1, 0.15) is 35.0 Å². The molecular weight excluding hydrogens is 372 g/mol. The third kappa shape index (κ3) is 5.44. The zero-order valence-electron chi connectivity index (χ0n) is 15.8. The Hall–Kier alpha value is -3.12. The maximum absolute atomic E-state index is 12.1. The molecule has 2 aromatic carbocycles. The van der Waals surface area contributed by atoms with Crippen LogP contribution in [0.5, 0.6) is 5.75 Å². The molecule has 0 aliphatic carbocycles. The first kappa shape index (κ1) is 19.6. The Morgan fingerprint density at radius 3 is 2.14 bits per heavy atom. The van der Waals surface area contributed by atoms with Gasteiger partial charge >= 0.3 is 0 Å². The first-order valence-electron chi connectivity index (χ1n) is 8.99. The number of thiophene rings is 1.